The van der Waals surface area contributed by atoms with Crippen molar-refractivity contribution in [2.24, 2.45) is 0 Å². The summed E-state index contributed by atoms with van der Waals surface area (Å²) in [6.45, 7) is 4.81. The largest absolute Gasteiger partial charge is 0.573 e. The molecule has 0 atom stereocenters. The van der Waals surface area contributed by atoms with Crippen LogP contribution in [0.4, 0.5) is 29.1 Å². The summed E-state index contributed by atoms with van der Waals surface area (Å²) in [6, 6.07) is 32.6. The molecule has 59 heavy (non-hydrogen) atoms. The van der Waals surface area contributed by atoms with Gasteiger partial charge in [0.25, 0.3) is 5.91 Å². The summed E-state index contributed by atoms with van der Waals surface area (Å²) in [6.07, 6.45) is 1.82. The lowest BCUT2D eigenvalue weighted by Crippen LogP contribution is -2.32. The number of carbonyl (C=O) groups is 1. The van der Waals surface area contributed by atoms with Crippen LogP contribution in [0.15, 0.2) is 122 Å². The maximum Gasteiger partial charge on any atom is 0.573 e. The lowest BCUT2D eigenvalue weighted by atomic mass is 9.89. The van der Waals surface area contributed by atoms with Gasteiger partial charge >= 0.3 is 6.36 Å². The fourth-order valence-electron chi connectivity index (χ4n) is 7.20. The Bertz CT molecular complexity index is 2490. The Morgan fingerprint density at radius 2 is 1.64 bits per heavy atom. The molecule has 0 bridgehead atoms. The van der Waals surface area contributed by atoms with Crippen molar-refractivity contribution in [3.8, 4) is 5.75 Å². The number of halogens is 5. The van der Waals surface area contributed by atoms with E-state index in [1.807, 2.05) is 37.3 Å². The van der Waals surface area contributed by atoms with Crippen molar-refractivity contribution in [3.05, 3.63) is 161 Å². The minimum absolute atomic E-state index is 0.200. The van der Waals surface area contributed by atoms with Gasteiger partial charge in [-0.2, -0.15) is 0 Å². The molecule has 7 aromatic rings. The number of alkyl halides is 3. The Morgan fingerprint density at radius 1 is 0.898 bits per heavy atom. The Balaban J connectivity index is 0.000000221. The van der Waals surface area contributed by atoms with Gasteiger partial charge in [-0.15, -0.1) is 13.2 Å². The van der Waals surface area contributed by atoms with Crippen LogP contribution in [0.5, 0.6) is 5.75 Å². The fourth-order valence-corrected chi connectivity index (χ4v) is 7.36. The Hall–Kier alpha value is -6.21. The molecule has 1 fully saturated rings. The van der Waals surface area contributed by atoms with E-state index in [9.17, 15) is 22.4 Å². The fraction of sp³-hybridized carbons (Fsp3) is 0.244. The molecular formula is C45H42ClF4N7O2. The van der Waals surface area contributed by atoms with Gasteiger partial charge in [-0.25, -0.2) is 19.3 Å². The van der Waals surface area contributed by atoms with Crippen LogP contribution in [-0.4, -0.2) is 51.3 Å². The maximum absolute atomic E-state index is 13.2. The molecule has 2 N–H and O–H groups in total. The van der Waals surface area contributed by atoms with Gasteiger partial charge < -0.3 is 20.3 Å². The second-order valence-electron chi connectivity index (χ2n) is 14.1. The van der Waals surface area contributed by atoms with Crippen molar-refractivity contribution in [1.29, 1.82) is 0 Å². The van der Waals surface area contributed by atoms with Crippen molar-refractivity contribution in [2.45, 2.75) is 51.4 Å². The first-order valence-electron chi connectivity index (χ1n) is 19.4. The Labute approximate surface area is 344 Å². The number of fused-ring (bicyclic) bond motifs is 2. The number of pyridine rings is 1. The minimum Gasteiger partial charge on any atom is -0.406 e. The normalized spacial score (nSPS) is 13.2. The van der Waals surface area contributed by atoms with Gasteiger partial charge in [0.2, 0.25) is 0 Å². The number of hydrogen-bond acceptors (Lipinski definition) is 7. The van der Waals surface area contributed by atoms with Gasteiger partial charge in [-0.1, -0.05) is 73.1 Å². The number of hydrogen-bond donors (Lipinski definition) is 2. The summed E-state index contributed by atoms with van der Waals surface area (Å²) in [7, 11) is 0. The van der Waals surface area contributed by atoms with Gasteiger partial charge in [-0.3, -0.25) is 9.20 Å². The number of aryl methyl sites for hydroxylation is 1. The van der Waals surface area contributed by atoms with Crippen molar-refractivity contribution in [3.63, 3.8) is 0 Å². The number of rotatable bonds is 11. The zero-order chi connectivity index (χ0) is 41.4. The number of ether oxygens (including phenoxy) is 1. The smallest absolute Gasteiger partial charge is 0.406 e. The van der Waals surface area contributed by atoms with E-state index in [2.05, 4.69) is 59.5 Å². The quantitative estimate of drug-likeness (QED) is 0.125. The first kappa shape index (κ1) is 41.0. The summed E-state index contributed by atoms with van der Waals surface area (Å²) in [5.74, 6) is 0.343. The number of carbonyl (C=O) groups excluding carboxylic acids is 1. The van der Waals surface area contributed by atoms with Crippen LogP contribution >= 0.6 is 11.6 Å². The average molecular weight is 824 g/mol. The number of imidazole rings is 1. The molecule has 1 aliphatic rings. The molecule has 9 nitrogen and oxygen atoms in total. The van der Waals surface area contributed by atoms with Crippen LogP contribution in [0.2, 0.25) is 5.02 Å². The van der Waals surface area contributed by atoms with Crippen molar-refractivity contribution in [2.75, 3.05) is 29.9 Å². The zero-order valence-electron chi connectivity index (χ0n) is 32.2. The average Bonchev–Trinajstić information content (AvgIpc) is 3.61. The van der Waals surface area contributed by atoms with Crippen LogP contribution in [-0.2, 0) is 19.4 Å². The minimum atomic E-state index is -4.68. The SMILES string of the molecule is CCc1nc2ccc(Cl)cn2c1C(=O)NCc1ccc(N2CCC(c3ccc(OC(F)(F)F)cc3)CC2)cc1.Fc1ccc2c(NCCc3ccccc3)ncnc2c1. The highest BCUT2D eigenvalue weighted by Crippen LogP contribution is 2.32. The Kier molecular flexibility index (Phi) is 12.9. The highest BCUT2D eigenvalue weighted by atomic mass is 35.5. The van der Waals surface area contributed by atoms with E-state index in [0.717, 1.165) is 72.6 Å². The number of anilines is 2. The maximum atomic E-state index is 13.2. The summed E-state index contributed by atoms with van der Waals surface area (Å²) < 4.78 is 56.1. The number of nitrogens with zero attached hydrogens (tertiary/aromatic N) is 5. The van der Waals surface area contributed by atoms with Crippen molar-refractivity contribution >= 4 is 45.6 Å². The van der Waals surface area contributed by atoms with Crippen molar-refractivity contribution in [1.82, 2.24) is 24.7 Å². The van der Waals surface area contributed by atoms with Crippen LogP contribution < -0.4 is 20.3 Å². The number of benzene rings is 4. The lowest BCUT2D eigenvalue weighted by molar-refractivity contribution is -0.274. The molecule has 14 heteroatoms. The number of amides is 1. The molecule has 0 saturated carbocycles. The van der Waals surface area contributed by atoms with E-state index in [4.69, 9.17) is 11.6 Å². The summed E-state index contributed by atoms with van der Waals surface area (Å²) in [5.41, 5.74) is 6.88. The van der Waals surface area contributed by atoms with Crippen LogP contribution in [0.25, 0.3) is 16.6 Å². The molecule has 0 unspecified atom stereocenters. The monoisotopic (exact) mass is 823 g/mol. The summed E-state index contributed by atoms with van der Waals surface area (Å²) in [5, 5.41) is 7.65. The highest BCUT2D eigenvalue weighted by Gasteiger charge is 2.31. The molecule has 4 heterocycles. The second kappa shape index (κ2) is 18.6. The van der Waals surface area contributed by atoms with Crippen molar-refractivity contribution < 1.29 is 27.1 Å². The third kappa shape index (κ3) is 10.7. The predicted octanol–water partition coefficient (Wildman–Crippen LogP) is 10.2. The number of piperidine rings is 1. The predicted molar refractivity (Wildman–Crippen MR) is 223 cm³/mol. The van der Waals surface area contributed by atoms with Gasteiger partial charge in [0.05, 0.1) is 16.2 Å². The first-order valence-corrected chi connectivity index (χ1v) is 19.7. The van der Waals surface area contributed by atoms with E-state index in [1.54, 1.807) is 40.9 Å². The number of aromatic nitrogens is 4. The standard InChI is InChI=1S/C29H28ClF3N4O2.C16H14FN3/c1-2-25-27(37-18-22(30)7-12-26(37)35-25)28(38)34-17-19-3-8-23(9-4-19)36-15-13-21(14-16-36)20-5-10-24(11-6-20)39-29(31,32)33;17-13-6-7-14-15(10-13)19-11-20-16(14)18-9-8-12-4-2-1-3-5-12/h3-12,18,21H,2,13-17H2,1H3,(H,34,38);1-7,10-11H,8-9H2,(H,18,19,20). The van der Waals surface area contributed by atoms with E-state index < -0.39 is 6.36 Å². The molecular weight excluding hydrogens is 782 g/mol. The van der Waals surface area contributed by atoms with E-state index in [-0.39, 0.29) is 23.4 Å². The topological polar surface area (TPSA) is 96.7 Å². The molecule has 4 aromatic carbocycles. The molecule has 8 rings (SSSR count). The number of nitrogens with one attached hydrogen (secondary N) is 2. The van der Waals surface area contributed by atoms with Crippen LogP contribution in [0.3, 0.4) is 0 Å². The Morgan fingerprint density at radius 3 is 2.36 bits per heavy atom. The second-order valence-corrected chi connectivity index (χ2v) is 14.5. The van der Waals surface area contributed by atoms with E-state index >= 15 is 0 Å². The van der Waals surface area contributed by atoms with Crippen LogP contribution in [0, 0.1) is 5.82 Å². The molecule has 304 valence electrons. The van der Waals surface area contributed by atoms with Gasteiger partial charge in [0, 0.05) is 49.5 Å². The molecule has 0 radical (unpaired) electrons. The first-order chi connectivity index (χ1) is 28.5. The van der Waals surface area contributed by atoms with Gasteiger partial charge in [0.15, 0.2) is 0 Å². The van der Waals surface area contributed by atoms with E-state index in [1.165, 1.54) is 36.2 Å². The van der Waals surface area contributed by atoms with E-state index in [0.29, 0.717) is 34.8 Å². The third-order valence-corrected chi connectivity index (χ3v) is 10.4. The molecule has 0 spiro atoms. The summed E-state index contributed by atoms with van der Waals surface area (Å²) in [4.78, 5) is 28.2. The zero-order valence-corrected chi connectivity index (χ0v) is 33.0. The van der Waals surface area contributed by atoms with Gasteiger partial charge in [0.1, 0.15) is 35.1 Å². The molecule has 1 saturated heterocycles. The molecule has 1 amide bonds. The van der Waals surface area contributed by atoms with Gasteiger partial charge in [-0.05, 0) is 96.8 Å². The molecule has 0 aliphatic carbocycles. The lowest BCUT2D eigenvalue weighted by Gasteiger charge is -2.34. The third-order valence-electron chi connectivity index (χ3n) is 10.2. The molecule has 1 aliphatic heterocycles. The molecule has 3 aromatic heterocycles. The highest BCUT2D eigenvalue weighted by molar-refractivity contribution is 6.30. The summed E-state index contributed by atoms with van der Waals surface area (Å²) >= 11 is 6.14. The van der Waals surface area contributed by atoms with Crippen LogP contribution in [0.1, 0.15) is 58.6 Å².